The van der Waals surface area contributed by atoms with Crippen molar-refractivity contribution >= 4 is 23.0 Å². The number of nitrogens with one attached hydrogen (secondary N) is 1. The third kappa shape index (κ3) is 3.61. The molecule has 2 aromatic carbocycles. The molecule has 0 spiro atoms. The highest BCUT2D eigenvalue weighted by Gasteiger charge is 2.56. The van der Waals surface area contributed by atoms with Gasteiger partial charge >= 0.3 is 0 Å². The number of ketones is 3. The SMILES string of the molecule is COc1cc(-c2nnn(C)n2)cc(NC(C)=C2C(=O)C=C3Oc4c(C(C)=O)c(O)c(C)c(O)c4[C@@]3(C)C2=O)c1O. The molecular formula is C27H25N5O8. The predicted molar refractivity (Wildman–Crippen MR) is 139 cm³/mol. The van der Waals surface area contributed by atoms with Crippen LogP contribution >= 0.6 is 0 Å². The molecule has 1 aliphatic carbocycles. The summed E-state index contributed by atoms with van der Waals surface area (Å²) < 4.78 is 11.1. The molecule has 3 aromatic rings. The fourth-order valence-electron chi connectivity index (χ4n) is 5.01. The van der Waals surface area contributed by atoms with Crippen LogP contribution in [0.4, 0.5) is 5.69 Å². The van der Waals surface area contributed by atoms with E-state index >= 15 is 0 Å². The third-order valence-corrected chi connectivity index (χ3v) is 7.14. The minimum absolute atomic E-state index is 0.00782. The van der Waals surface area contributed by atoms with E-state index in [0.717, 1.165) is 6.08 Å². The number of Topliss-reactive ketones (excluding diaryl/α,β-unsaturated/α-hetero) is 2. The number of nitrogens with zero attached hydrogens (tertiary/aromatic N) is 4. The van der Waals surface area contributed by atoms with E-state index in [2.05, 4.69) is 20.7 Å². The Kier molecular flexibility index (Phi) is 5.90. The lowest BCUT2D eigenvalue weighted by Gasteiger charge is -2.29. The van der Waals surface area contributed by atoms with Crippen molar-refractivity contribution in [2.24, 2.45) is 7.05 Å². The van der Waals surface area contributed by atoms with Crippen LogP contribution in [0.25, 0.3) is 11.4 Å². The number of phenols is 3. The topological polar surface area (TPSA) is 186 Å². The van der Waals surface area contributed by atoms with Gasteiger partial charge in [-0.2, -0.15) is 4.80 Å². The minimum atomic E-state index is -1.68. The van der Waals surface area contributed by atoms with Gasteiger partial charge in [0.25, 0.3) is 0 Å². The zero-order valence-electron chi connectivity index (χ0n) is 22.4. The number of phenolic OH excluding ortho intramolecular Hbond substituents is 3. The van der Waals surface area contributed by atoms with Crippen LogP contribution in [-0.4, -0.2) is 60.0 Å². The number of carbonyl (C=O) groups is 3. The lowest BCUT2D eigenvalue weighted by molar-refractivity contribution is -0.123. The number of hydrogen-bond donors (Lipinski definition) is 4. The quantitative estimate of drug-likeness (QED) is 0.159. The van der Waals surface area contributed by atoms with Gasteiger partial charge in [-0.05, 0) is 45.0 Å². The van der Waals surface area contributed by atoms with E-state index in [1.165, 1.54) is 51.7 Å². The summed E-state index contributed by atoms with van der Waals surface area (Å²) in [6.07, 6.45) is 1.11. The molecule has 0 radical (unpaired) electrons. The van der Waals surface area contributed by atoms with Crippen molar-refractivity contribution < 1.29 is 39.2 Å². The van der Waals surface area contributed by atoms with Crippen LogP contribution in [0.2, 0.25) is 0 Å². The maximum atomic E-state index is 14.0. The van der Waals surface area contributed by atoms with E-state index in [-0.39, 0.29) is 62.5 Å². The summed E-state index contributed by atoms with van der Waals surface area (Å²) in [6, 6.07) is 3.01. The summed E-state index contributed by atoms with van der Waals surface area (Å²) in [6.45, 7) is 5.56. The molecule has 0 bridgehead atoms. The average molecular weight is 548 g/mol. The Morgan fingerprint density at radius 2 is 1.82 bits per heavy atom. The molecule has 40 heavy (non-hydrogen) atoms. The Morgan fingerprint density at radius 3 is 2.42 bits per heavy atom. The molecular weight excluding hydrogens is 522 g/mol. The number of aromatic hydroxyl groups is 3. The van der Waals surface area contributed by atoms with Crippen molar-refractivity contribution in [3.05, 3.63) is 51.9 Å². The number of anilines is 1. The van der Waals surface area contributed by atoms with Crippen molar-refractivity contribution in [2.75, 3.05) is 12.4 Å². The number of tetrazole rings is 1. The first-order valence-corrected chi connectivity index (χ1v) is 12.0. The average Bonchev–Trinajstić information content (AvgIpc) is 3.45. The number of benzene rings is 2. The first-order valence-electron chi connectivity index (χ1n) is 12.0. The first-order chi connectivity index (χ1) is 18.8. The number of methoxy groups -OCH3 is 1. The van der Waals surface area contributed by atoms with Gasteiger partial charge in [-0.15, -0.1) is 10.2 Å². The summed E-state index contributed by atoms with van der Waals surface area (Å²) in [7, 11) is 2.95. The van der Waals surface area contributed by atoms with Crippen LogP contribution in [0.3, 0.4) is 0 Å². The Balaban J connectivity index is 1.65. The van der Waals surface area contributed by atoms with Gasteiger partial charge in [-0.25, -0.2) is 0 Å². The molecule has 0 amide bonds. The van der Waals surface area contributed by atoms with Crippen LogP contribution < -0.4 is 14.8 Å². The van der Waals surface area contributed by atoms with Gasteiger partial charge in [0.15, 0.2) is 28.8 Å². The minimum Gasteiger partial charge on any atom is -0.507 e. The van der Waals surface area contributed by atoms with Crippen molar-refractivity contribution in [1.82, 2.24) is 20.2 Å². The molecule has 206 valence electrons. The summed E-state index contributed by atoms with van der Waals surface area (Å²) in [5.74, 6) is -3.09. The fraction of sp³-hybridized carbons (Fsp3) is 0.259. The van der Waals surface area contributed by atoms with E-state index in [0.29, 0.717) is 5.56 Å². The Hall–Kier alpha value is -5.20. The molecule has 2 aliphatic rings. The number of hydrogen-bond acceptors (Lipinski definition) is 12. The Labute approximate surface area is 227 Å². The molecule has 5 rings (SSSR count). The summed E-state index contributed by atoms with van der Waals surface area (Å²) in [5.41, 5.74) is -1.56. The Bertz CT molecular complexity index is 1730. The zero-order valence-corrected chi connectivity index (χ0v) is 22.4. The number of rotatable bonds is 5. The second-order valence-corrected chi connectivity index (χ2v) is 9.69. The molecule has 13 heteroatoms. The van der Waals surface area contributed by atoms with E-state index in [1.807, 2.05) is 0 Å². The molecule has 4 N–H and O–H groups in total. The number of aryl methyl sites for hydroxylation is 1. The van der Waals surface area contributed by atoms with Crippen molar-refractivity contribution in [2.45, 2.75) is 33.1 Å². The van der Waals surface area contributed by atoms with Gasteiger partial charge in [-0.3, -0.25) is 14.4 Å². The van der Waals surface area contributed by atoms with E-state index < -0.39 is 34.3 Å². The fourth-order valence-corrected chi connectivity index (χ4v) is 5.01. The molecule has 0 fully saturated rings. The highest BCUT2D eigenvalue weighted by Crippen LogP contribution is 2.57. The predicted octanol–water partition coefficient (Wildman–Crippen LogP) is 2.59. The molecule has 13 nitrogen and oxygen atoms in total. The molecule has 1 aromatic heterocycles. The van der Waals surface area contributed by atoms with Gasteiger partial charge in [0.2, 0.25) is 5.82 Å². The number of aromatic nitrogens is 4. The van der Waals surface area contributed by atoms with Crippen molar-refractivity contribution in [3.63, 3.8) is 0 Å². The number of allylic oxidation sites excluding steroid dienone is 4. The summed E-state index contributed by atoms with van der Waals surface area (Å²) in [5, 5.41) is 47.1. The lowest BCUT2D eigenvalue weighted by Crippen LogP contribution is -2.40. The molecule has 1 atom stereocenters. The van der Waals surface area contributed by atoms with Crippen LogP contribution in [0, 0.1) is 6.92 Å². The first kappa shape index (κ1) is 26.4. The molecule has 0 unspecified atom stereocenters. The third-order valence-electron chi connectivity index (χ3n) is 7.14. The highest BCUT2D eigenvalue weighted by molar-refractivity contribution is 6.31. The van der Waals surface area contributed by atoms with Crippen LogP contribution in [-0.2, 0) is 22.1 Å². The molecule has 1 aliphatic heterocycles. The van der Waals surface area contributed by atoms with Crippen molar-refractivity contribution in [1.29, 1.82) is 0 Å². The zero-order chi connectivity index (χ0) is 29.3. The normalized spacial score (nSPS) is 19.0. The van der Waals surface area contributed by atoms with Gasteiger partial charge in [0, 0.05) is 22.9 Å². The maximum absolute atomic E-state index is 14.0. The summed E-state index contributed by atoms with van der Waals surface area (Å²) in [4.78, 5) is 40.9. The summed E-state index contributed by atoms with van der Waals surface area (Å²) >= 11 is 0. The van der Waals surface area contributed by atoms with E-state index in [1.54, 1.807) is 7.05 Å². The van der Waals surface area contributed by atoms with Gasteiger partial charge in [0.05, 0.1) is 31.0 Å². The second-order valence-electron chi connectivity index (χ2n) is 9.69. The van der Waals surface area contributed by atoms with Crippen LogP contribution in [0.5, 0.6) is 28.7 Å². The van der Waals surface area contributed by atoms with Crippen molar-refractivity contribution in [3.8, 4) is 40.1 Å². The molecule has 0 saturated heterocycles. The Morgan fingerprint density at radius 1 is 1.12 bits per heavy atom. The monoisotopic (exact) mass is 547 g/mol. The largest absolute Gasteiger partial charge is 0.507 e. The molecule has 0 saturated carbocycles. The van der Waals surface area contributed by atoms with E-state index in [4.69, 9.17) is 9.47 Å². The number of ether oxygens (including phenoxy) is 2. The number of carbonyl (C=O) groups excluding carboxylic acids is 3. The van der Waals surface area contributed by atoms with E-state index in [9.17, 15) is 29.7 Å². The van der Waals surface area contributed by atoms with Crippen LogP contribution in [0.1, 0.15) is 42.3 Å². The second kappa shape index (κ2) is 8.93. The van der Waals surface area contributed by atoms with Gasteiger partial charge in [-0.1, -0.05) is 0 Å². The van der Waals surface area contributed by atoms with Gasteiger partial charge < -0.3 is 30.1 Å². The van der Waals surface area contributed by atoms with Crippen LogP contribution in [0.15, 0.2) is 35.2 Å². The molecule has 2 heterocycles. The lowest BCUT2D eigenvalue weighted by atomic mass is 9.70. The maximum Gasteiger partial charge on any atom is 0.205 e. The standard InChI is InChI=1S/C27H25N5O8/c1-10-21(35)19(12(3)33)24-20(22(10)36)27(4)17(40-24)9-15(34)18(25(27)38)11(2)28-14-7-13(8-16(39-6)23(14)37)26-29-31-32(5)30-26/h7-9,28,35-37H,1-6H3/t27-/m0/s1. The van der Waals surface area contributed by atoms with Gasteiger partial charge in [0.1, 0.15) is 34.0 Å². The smallest absolute Gasteiger partial charge is 0.205 e. The highest BCUT2D eigenvalue weighted by atomic mass is 16.5. The number of fused-ring (bicyclic) bond motifs is 3.